The molecule has 148 valence electrons. The summed E-state index contributed by atoms with van der Waals surface area (Å²) >= 11 is 0. The summed E-state index contributed by atoms with van der Waals surface area (Å²) in [5.74, 6) is -0.299. The Balaban J connectivity index is 1.54. The van der Waals surface area contributed by atoms with Gasteiger partial charge < -0.3 is 16.0 Å². The lowest BCUT2D eigenvalue weighted by molar-refractivity contribution is -0.118. The van der Waals surface area contributed by atoms with E-state index in [4.69, 9.17) is 0 Å². The molecule has 1 aliphatic rings. The molecule has 28 heavy (non-hydrogen) atoms. The van der Waals surface area contributed by atoms with Crippen molar-refractivity contribution in [3.63, 3.8) is 0 Å². The summed E-state index contributed by atoms with van der Waals surface area (Å²) in [6.45, 7) is 3.68. The van der Waals surface area contributed by atoms with Crippen molar-refractivity contribution in [3.05, 3.63) is 54.1 Å². The molecule has 1 aliphatic carbocycles. The first-order chi connectivity index (χ1) is 13.5. The smallest absolute Gasteiger partial charge is 0.255 e. The molecule has 1 saturated carbocycles. The summed E-state index contributed by atoms with van der Waals surface area (Å²) in [5, 5.41) is 9.31. The molecule has 0 bridgehead atoms. The summed E-state index contributed by atoms with van der Waals surface area (Å²) < 4.78 is 0. The van der Waals surface area contributed by atoms with Crippen LogP contribution in [0.2, 0.25) is 0 Å². The lowest BCUT2D eigenvalue weighted by Crippen LogP contribution is -2.22. The van der Waals surface area contributed by atoms with E-state index in [1.807, 2.05) is 38.1 Å². The van der Waals surface area contributed by atoms with E-state index in [0.29, 0.717) is 17.3 Å². The second kappa shape index (κ2) is 9.40. The Kier molecular flexibility index (Phi) is 6.69. The lowest BCUT2D eigenvalue weighted by Gasteiger charge is -2.23. The molecule has 0 heterocycles. The van der Waals surface area contributed by atoms with Gasteiger partial charge in [0.1, 0.15) is 0 Å². The molecule has 2 amide bonds. The van der Waals surface area contributed by atoms with Crippen molar-refractivity contribution in [3.8, 4) is 0 Å². The average molecular weight is 380 g/mol. The van der Waals surface area contributed by atoms with Crippen molar-refractivity contribution in [1.82, 2.24) is 0 Å². The summed E-state index contributed by atoms with van der Waals surface area (Å²) in [4.78, 5) is 24.2. The maximum absolute atomic E-state index is 12.4. The van der Waals surface area contributed by atoms with Gasteiger partial charge in [0.2, 0.25) is 5.91 Å². The van der Waals surface area contributed by atoms with Crippen LogP contribution < -0.4 is 16.0 Å². The van der Waals surface area contributed by atoms with Crippen LogP contribution in [0.15, 0.2) is 48.5 Å². The molecule has 2 aromatic rings. The number of carbonyl (C=O) groups excluding carboxylic acids is 2. The Hall–Kier alpha value is -2.82. The molecule has 0 atom stereocenters. The van der Waals surface area contributed by atoms with Crippen LogP contribution in [0.25, 0.3) is 0 Å². The van der Waals surface area contributed by atoms with Gasteiger partial charge in [0.25, 0.3) is 5.91 Å². The maximum atomic E-state index is 12.4. The van der Waals surface area contributed by atoms with Crippen LogP contribution >= 0.6 is 0 Å². The third-order valence-corrected chi connectivity index (χ3v) is 5.06. The fourth-order valence-corrected chi connectivity index (χ4v) is 3.33. The Labute approximate surface area is 166 Å². The maximum Gasteiger partial charge on any atom is 0.255 e. The predicted molar refractivity (Wildman–Crippen MR) is 115 cm³/mol. The molecular formula is C23H29N3O2. The Bertz CT molecular complexity index is 792. The van der Waals surface area contributed by atoms with Crippen LogP contribution in [0.1, 0.15) is 56.3 Å². The minimum absolute atomic E-state index is 0.0425. The zero-order valence-electron chi connectivity index (χ0n) is 16.6. The van der Waals surface area contributed by atoms with Gasteiger partial charge >= 0.3 is 0 Å². The van der Waals surface area contributed by atoms with E-state index < -0.39 is 0 Å². The van der Waals surface area contributed by atoms with Crippen molar-refractivity contribution in [2.24, 2.45) is 5.92 Å². The molecule has 0 saturated heterocycles. The molecule has 3 rings (SSSR count). The van der Waals surface area contributed by atoms with Crippen LogP contribution in [0.3, 0.4) is 0 Å². The molecule has 0 spiro atoms. The summed E-state index contributed by atoms with van der Waals surface area (Å²) in [6.07, 6.45) is 6.39. The van der Waals surface area contributed by atoms with E-state index in [9.17, 15) is 9.59 Å². The van der Waals surface area contributed by atoms with Gasteiger partial charge in [-0.25, -0.2) is 0 Å². The largest absolute Gasteiger partial charge is 0.382 e. The minimum atomic E-state index is -0.172. The molecule has 2 aromatic carbocycles. The predicted octanol–water partition coefficient (Wildman–Crippen LogP) is 5.28. The number of amides is 2. The molecule has 0 aromatic heterocycles. The van der Waals surface area contributed by atoms with Crippen LogP contribution in [0, 0.1) is 5.92 Å². The normalized spacial score (nSPS) is 14.5. The molecule has 0 aliphatic heterocycles. The van der Waals surface area contributed by atoms with Gasteiger partial charge in [-0.2, -0.15) is 0 Å². The zero-order chi connectivity index (χ0) is 19.9. The third-order valence-electron chi connectivity index (χ3n) is 5.06. The fraction of sp³-hybridized carbons (Fsp3) is 0.391. The molecular weight excluding hydrogens is 350 g/mol. The Morgan fingerprint density at radius 3 is 1.93 bits per heavy atom. The van der Waals surface area contributed by atoms with E-state index >= 15 is 0 Å². The average Bonchev–Trinajstić information content (AvgIpc) is 2.70. The van der Waals surface area contributed by atoms with Gasteiger partial charge in [-0.3, -0.25) is 9.59 Å². The van der Waals surface area contributed by atoms with Crippen molar-refractivity contribution >= 4 is 28.9 Å². The number of anilines is 3. The number of hydrogen-bond acceptors (Lipinski definition) is 3. The minimum Gasteiger partial charge on any atom is -0.382 e. The van der Waals surface area contributed by atoms with Gasteiger partial charge in [0.05, 0.1) is 0 Å². The van der Waals surface area contributed by atoms with Crippen molar-refractivity contribution in [2.75, 3.05) is 16.0 Å². The first-order valence-corrected chi connectivity index (χ1v) is 10.1. The summed E-state index contributed by atoms with van der Waals surface area (Å²) in [7, 11) is 0. The second-order valence-electron chi connectivity index (χ2n) is 7.73. The third kappa shape index (κ3) is 5.59. The molecule has 3 N–H and O–H groups in total. The first kappa shape index (κ1) is 19.9. The molecule has 0 unspecified atom stereocenters. The van der Waals surface area contributed by atoms with Crippen LogP contribution in [0.4, 0.5) is 17.1 Å². The van der Waals surface area contributed by atoms with Crippen molar-refractivity contribution < 1.29 is 9.59 Å². The highest BCUT2D eigenvalue weighted by Crippen LogP contribution is 2.23. The van der Waals surface area contributed by atoms with Gasteiger partial charge in [-0.05, 0) is 61.4 Å². The summed E-state index contributed by atoms with van der Waals surface area (Å²) in [5.41, 5.74) is 3.09. The number of carbonyl (C=O) groups is 2. The van der Waals surface area contributed by atoms with Crippen molar-refractivity contribution in [2.45, 2.75) is 52.0 Å². The van der Waals surface area contributed by atoms with Gasteiger partial charge in [0.15, 0.2) is 0 Å². The Morgan fingerprint density at radius 2 is 1.32 bits per heavy atom. The van der Waals surface area contributed by atoms with E-state index in [1.54, 1.807) is 24.3 Å². The van der Waals surface area contributed by atoms with Gasteiger partial charge in [-0.1, -0.05) is 33.1 Å². The SMILES string of the molecule is CC(C)C(=O)Nc1ccc(C(=O)Nc2ccc(NC3CCCCC3)cc2)cc1. The van der Waals surface area contributed by atoms with Crippen LogP contribution in [-0.2, 0) is 4.79 Å². The number of rotatable bonds is 6. The lowest BCUT2D eigenvalue weighted by atomic mass is 9.95. The van der Waals surface area contributed by atoms with E-state index in [1.165, 1.54) is 32.1 Å². The van der Waals surface area contributed by atoms with E-state index in [0.717, 1.165) is 11.4 Å². The quantitative estimate of drug-likeness (QED) is 0.640. The van der Waals surface area contributed by atoms with E-state index in [2.05, 4.69) is 16.0 Å². The molecule has 0 radical (unpaired) electrons. The molecule has 5 nitrogen and oxygen atoms in total. The van der Waals surface area contributed by atoms with Crippen LogP contribution in [0.5, 0.6) is 0 Å². The summed E-state index contributed by atoms with van der Waals surface area (Å²) in [6, 6.07) is 15.3. The first-order valence-electron chi connectivity index (χ1n) is 10.1. The number of hydrogen-bond donors (Lipinski definition) is 3. The highest BCUT2D eigenvalue weighted by atomic mass is 16.2. The number of benzene rings is 2. The Morgan fingerprint density at radius 1 is 0.786 bits per heavy atom. The fourth-order valence-electron chi connectivity index (χ4n) is 3.33. The van der Waals surface area contributed by atoms with Gasteiger partial charge in [0, 0.05) is 34.6 Å². The zero-order valence-corrected chi connectivity index (χ0v) is 16.6. The van der Waals surface area contributed by atoms with E-state index in [-0.39, 0.29) is 17.7 Å². The van der Waals surface area contributed by atoms with Crippen LogP contribution in [-0.4, -0.2) is 17.9 Å². The van der Waals surface area contributed by atoms with Crippen molar-refractivity contribution in [1.29, 1.82) is 0 Å². The number of nitrogens with one attached hydrogen (secondary N) is 3. The highest BCUT2D eigenvalue weighted by Gasteiger charge is 2.13. The highest BCUT2D eigenvalue weighted by molar-refractivity contribution is 6.04. The van der Waals surface area contributed by atoms with Gasteiger partial charge in [-0.15, -0.1) is 0 Å². The molecule has 1 fully saturated rings. The molecule has 5 heteroatoms. The second-order valence-corrected chi connectivity index (χ2v) is 7.73. The monoisotopic (exact) mass is 379 g/mol. The topological polar surface area (TPSA) is 70.2 Å². The standard InChI is InChI=1S/C23H29N3O2/c1-16(2)22(27)25-20-10-8-17(9-11-20)23(28)26-21-14-12-19(13-15-21)24-18-6-4-3-5-7-18/h8-16,18,24H,3-7H2,1-2H3,(H,25,27)(H,26,28).